The van der Waals surface area contributed by atoms with Gasteiger partial charge in [-0.25, -0.2) is 4.98 Å². The summed E-state index contributed by atoms with van der Waals surface area (Å²) in [6.07, 6.45) is 4.88. The van der Waals surface area contributed by atoms with Gasteiger partial charge in [-0.3, -0.25) is 4.79 Å². The molecule has 0 bridgehead atoms. The molecule has 0 saturated carbocycles. The number of rotatable bonds is 5. The first-order chi connectivity index (χ1) is 12.8. The van der Waals surface area contributed by atoms with E-state index >= 15 is 0 Å². The van der Waals surface area contributed by atoms with Crippen LogP contribution < -0.4 is 10.2 Å². The second-order valence-corrected chi connectivity index (χ2v) is 5.93. The van der Waals surface area contributed by atoms with Gasteiger partial charge in [0.2, 0.25) is 5.95 Å². The quantitative estimate of drug-likeness (QED) is 0.752. The third-order valence-electron chi connectivity index (χ3n) is 4.26. The first-order valence-corrected chi connectivity index (χ1v) is 8.46. The van der Waals surface area contributed by atoms with Gasteiger partial charge in [0.15, 0.2) is 5.76 Å². The van der Waals surface area contributed by atoms with Crippen molar-refractivity contribution in [3.8, 4) is 0 Å². The average Bonchev–Trinajstić information content (AvgIpc) is 3.40. The summed E-state index contributed by atoms with van der Waals surface area (Å²) in [4.78, 5) is 25.1. The van der Waals surface area contributed by atoms with E-state index in [1.165, 1.54) is 6.26 Å². The molecule has 4 rings (SSSR count). The van der Waals surface area contributed by atoms with Crippen molar-refractivity contribution in [1.82, 2.24) is 14.9 Å². The van der Waals surface area contributed by atoms with Crippen molar-refractivity contribution >= 4 is 17.7 Å². The first-order valence-electron chi connectivity index (χ1n) is 8.46. The normalized spacial score (nSPS) is 14.5. The van der Waals surface area contributed by atoms with E-state index < -0.39 is 0 Å². The molecule has 1 saturated heterocycles. The molecule has 0 aromatic carbocycles. The van der Waals surface area contributed by atoms with Gasteiger partial charge in [0.25, 0.3) is 5.91 Å². The molecule has 1 amide bonds. The molecule has 0 radical (unpaired) electrons. The number of carbonyl (C=O) groups is 1. The fourth-order valence-electron chi connectivity index (χ4n) is 2.88. The van der Waals surface area contributed by atoms with E-state index in [1.54, 1.807) is 29.5 Å². The Morgan fingerprint density at radius 3 is 2.62 bits per heavy atom. The van der Waals surface area contributed by atoms with Crippen molar-refractivity contribution in [3.63, 3.8) is 0 Å². The van der Waals surface area contributed by atoms with Gasteiger partial charge in [0, 0.05) is 32.4 Å². The van der Waals surface area contributed by atoms with Gasteiger partial charge in [0.1, 0.15) is 11.6 Å². The van der Waals surface area contributed by atoms with Gasteiger partial charge >= 0.3 is 0 Å². The fraction of sp³-hybridized carbons (Fsp3) is 0.278. The van der Waals surface area contributed by atoms with Gasteiger partial charge in [-0.05, 0) is 30.3 Å². The van der Waals surface area contributed by atoms with Crippen molar-refractivity contribution in [2.45, 2.75) is 6.54 Å². The maximum absolute atomic E-state index is 12.3. The maximum atomic E-state index is 12.3. The molecule has 0 atom stereocenters. The third-order valence-corrected chi connectivity index (χ3v) is 4.26. The van der Waals surface area contributed by atoms with Gasteiger partial charge in [-0.1, -0.05) is 0 Å². The molecule has 8 heteroatoms. The average molecular weight is 353 g/mol. The summed E-state index contributed by atoms with van der Waals surface area (Å²) < 4.78 is 10.5. The zero-order valence-electron chi connectivity index (χ0n) is 14.2. The smallest absolute Gasteiger partial charge is 0.289 e. The Morgan fingerprint density at radius 2 is 1.88 bits per heavy atom. The van der Waals surface area contributed by atoms with Gasteiger partial charge in [0.05, 0.1) is 19.1 Å². The lowest BCUT2D eigenvalue weighted by Gasteiger charge is -2.35. The molecular weight excluding hydrogens is 334 g/mol. The Morgan fingerprint density at radius 1 is 1.08 bits per heavy atom. The topological polar surface area (TPSA) is 87.6 Å². The minimum absolute atomic E-state index is 0.0712. The Kier molecular flexibility index (Phi) is 4.55. The van der Waals surface area contributed by atoms with E-state index in [0.717, 1.165) is 11.6 Å². The highest BCUT2D eigenvalue weighted by molar-refractivity contribution is 5.91. The molecule has 1 N–H and O–H groups in total. The lowest BCUT2D eigenvalue weighted by Crippen LogP contribution is -2.49. The summed E-state index contributed by atoms with van der Waals surface area (Å²) in [6, 6.07) is 9.03. The predicted molar refractivity (Wildman–Crippen MR) is 94.9 cm³/mol. The Balaban J connectivity index is 1.35. The molecule has 26 heavy (non-hydrogen) atoms. The van der Waals surface area contributed by atoms with E-state index in [-0.39, 0.29) is 5.91 Å². The number of nitrogens with one attached hydrogen (secondary N) is 1. The van der Waals surface area contributed by atoms with E-state index in [9.17, 15) is 4.79 Å². The van der Waals surface area contributed by atoms with Gasteiger partial charge in [-0.15, -0.1) is 0 Å². The molecule has 8 nitrogen and oxygen atoms in total. The minimum Gasteiger partial charge on any atom is -0.467 e. The number of hydrogen-bond acceptors (Lipinski definition) is 7. The summed E-state index contributed by atoms with van der Waals surface area (Å²) >= 11 is 0. The molecule has 1 aliphatic rings. The highest BCUT2D eigenvalue weighted by atomic mass is 16.3. The highest BCUT2D eigenvalue weighted by Crippen LogP contribution is 2.16. The molecule has 3 aromatic rings. The van der Waals surface area contributed by atoms with Crippen LogP contribution in [0.5, 0.6) is 0 Å². The number of aromatic nitrogens is 2. The lowest BCUT2D eigenvalue weighted by molar-refractivity contribution is 0.0714. The first kappa shape index (κ1) is 16.2. The van der Waals surface area contributed by atoms with Crippen molar-refractivity contribution in [3.05, 3.63) is 60.6 Å². The molecule has 3 aromatic heterocycles. The minimum atomic E-state index is -0.0712. The number of carbonyl (C=O) groups excluding carboxylic acids is 1. The fourth-order valence-corrected chi connectivity index (χ4v) is 2.88. The molecule has 0 aliphatic carbocycles. The summed E-state index contributed by atoms with van der Waals surface area (Å²) in [6.45, 7) is 3.20. The SMILES string of the molecule is O=C(c1ccco1)N1CCN(c2ccnc(NCc3ccco3)n2)CC1. The Hall–Kier alpha value is -3.29. The largest absolute Gasteiger partial charge is 0.467 e. The van der Waals surface area contributed by atoms with Crippen molar-refractivity contribution < 1.29 is 13.6 Å². The number of furan rings is 2. The van der Waals surface area contributed by atoms with Crippen LogP contribution in [0.2, 0.25) is 0 Å². The second kappa shape index (κ2) is 7.30. The number of hydrogen-bond donors (Lipinski definition) is 1. The van der Waals surface area contributed by atoms with Crippen molar-refractivity contribution in [1.29, 1.82) is 0 Å². The van der Waals surface area contributed by atoms with Crippen molar-refractivity contribution in [2.24, 2.45) is 0 Å². The molecule has 1 aliphatic heterocycles. The molecule has 134 valence electrons. The maximum Gasteiger partial charge on any atom is 0.289 e. The van der Waals surface area contributed by atoms with Crippen LogP contribution in [-0.2, 0) is 6.54 Å². The summed E-state index contributed by atoms with van der Waals surface area (Å²) in [5.74, 6) is 2.52. The van der Waals surface area contributed by atoms with Crippen LogP contribution in [0, 0.1) is 0 Å². The summed E-state index contributed by atoms with van der Waals surface area (Å²) in [7, 11) is 0. The molecule has 0 spiro atoms. The van der Waals surface area contributed by atoms with Crippen LogP contribution in [0.4, 0.5) is 11.8 Å². The highest BCUT2D eigenvalue weighted by Gasteiger charge is 2.24. The standard InChI is InChI=1S/C18H19N5O3/c24-17(15-4-2-12-26-15)23-9-7-22(8-10-23)16-5-6-19-18(21-16)20-13-14-3-1-11-25-14/h1-6,11-12H,7-10,13H2,(H,19,20,21). The molecule has 1 fully saturated rings. The zero-order valence-corrected chi connectivity index (χ0v) is 14.2. The summed E-state index contributed by atoms with van der Waals surface area (Å²) in [5.41, 5.74) is 0. The Bertz CT molecular complexity index is 840. The number of amides is 1. The number of nitrogens with zero attached hydrogens (tertiary/aromatic N) is 4. The van der Waals surface area contributed by atoms with E-state index in [0.29, 0.717) is 44.4 Å². The van der Waals surface area contributed by atoms with Crippen LogP contribution >= 0.6 is 0 Å². The zero-order chi connectivity index (χ0) is 17.8. The van der Waals surface area contributed by atoms with Crippen LogP contribution in [0.1, 0.15) is 16.3 Å². The lowest BCUT2D eigenvalue weighted by atomic mass is 10.3. The molecular formula is C18H19N5O3. The van der Waals surface area contributed by atoms with Crippen LogP contribution in [-0.4, -0.2) is 47.0 Å². The second-order valence-electron chi connectivity index (χ2n) is 5.93. The van der Waals surface area contributed by atoms with Crippen LogP contribution in [0.15, 0.2) is 57.9 Å². The van der Waals surface area contributed by atoms with Crippen molar-refractivity contribution in [2.75, 3.05) is 36.4 Å². The van der Waals surface area contributed by atoms with Gasteiger partial charge in [-0.2, -0.15) is 4.98 Å². The third kappa shape index (κ3) is 3.53. The summed E-state index contributed by atoms with van der Waals surface area (Å²) in [5, 5.41) is 3.15. The van der Waals surface area contributed by atoms with Gasteiger partial charge < -0.3 is 24.0 Å². The number of piperazine rings is 1. The van der Waals surface area contributed by atoms with E-state index in [4.69, 9.17) is 8.83 Å². The van der Waals surface area contributed by atoms with Crippen LogP contribution in [0.25, 0.3) is 0 Å². The molecule has 0 unspecified atom stereocenters. The monoisotopic (exact) mass is 353 g/mol. The van der Waals surface area contributed by atoms with E-state index in [1.807, 2.05) is 18.2 Å². The predicted octanol–water partition coefficient (Wildman–Crippen LogP) is 2.24. The molecule has 4 heterocycles. The van der Waals surface area contributed by atoms with E-state index in [2.05, 4.69) is 20.2 Å². The Labute approximate surface area is 150 Å². The number of anilines is 2. The van der Waals surface area contributed by atoms with Crippen LogP contribution in [0.3, 0.4) is 0 Å².